The Balaban J connectivity index is 2.32. The minimum atomic E-state index is -1.07. The molecule has 0 aliphatic carbocycles. The third-order valence-corrected chi connectivity index (χ3v) is 3.39. The van der Waals surface area contributed by atoms with E-state index in [1.807, 2.05) is 0 Å². The molecule has 0 bridgehead atoms. The lowest BCUT2D eigenvalue weighted by Crippen LogP contribution is -2.35. The lowest BCUT2D eigenvalue weighted by Gasteiger charge is -2.24. The molecule has 1 fully saturated rings. The fourth-order valence-electron chi connectivity index (χ4n) is 2.04. The maximum atomic E-state index is 11.7. The Morgan fingerprint density at radius 3 is 2.44 bits per heavy atom. The smallest absolute Gasteiger partial charge is 0.331 e. The fourth-order valence-corrected chi connectivity index (χ4v) is 2.44. The summed E-state index contributed by atoms with van der Waals surface area (Å²) in [5, 5.41) is 9.48. The predicted molar refractivity (Wildman–Crippen MR) is 67.8 cm³/mol. The number of hydrogen-bond acceptors (Lipinski definition) is 2. The number of nitrogens with zero attached hydrogens (tertiary/aromatic N) is 1. The van der Waals surface area contributed by atoms with Crippen molar-refractivity contribution in [3.05, 3.63) is 34.9 Å². The number of benzene rings is 1. The number of hydrogen-bond donors (Lipinski definition) is 1. The maximum absolute atomic E-state index is 11.7. The van der Waals surface area contributed by atoms with E-state index < -0.39 is 12.0 Å². The second-order valence-electron chi connectivity index (χ2n) is 4.14. The molecule has 0 spiro atoms. The van der Waals surface area contributed by atoms with E-state index in [9.17, 15) is 14.7 Å². The molecule has 1 aromatic rings. The Morgan fingerprint density at radius 2 is 2.00 bits per heavy atom. The van der Waals surface area contributed by atoms with Crippen LogP contribution in [0.3, 0.4) is 0 Å². The molecule has 96 valence electrons. The predicted octanol–water partition coefficient (Wildman–Crippen LogP) is 2.31. The molecule has 1 amide bonds. The van der Waals surface area contributed by atoms with Crippen LogP contribution in [0.1, 0.15) is 18.0 Å². The molecule has 0 aromatic heterocycles. The summed E-state index contributed by atoms with van der Waals surface area (Å²) in [6.45, 7) is 0.250. The zero-order chi connectivity index (χ0) is 13.3. The molecule has 6 heteroatoms. The second-order valence-corrected chi connectivity index (χ2v) is 5.19. The molecule has 0 saturated carbocycles. The Kier molecular flexibility index (Phi) is 3.78. The number of alkyl halides is 1. The highest BCUT2D eigenvalue weighted by Crippen LogP contribution is 2.29. The van der Waals surface area contributed by atoms with E-state index in [2.05, 4.69) is 0 Å². The van der Waals surface area contributed by atoms with Crippen LogP contribution < -0.4 is 0 Å². The largest absolute Gasteiger partial charge is 0.479 e. The summed E-state index contributed by atoms with van der Waals surface area (Å²) in [6.07, 6.45) is 0.179. The monoisotopic (exact) mass is 287 g/mol. The van der Waals surface area contributed by atoms with Crippen molar-refractivity contribution in [2.45, 2.75) is 17.8 Å². The molecule has 2 unspecified atom stereocenters. The van der Waals surface area contributed by atoms with Gasteiger partial charge in [-0.1, -0.05) is 23.7 Å². The second kappa shape index (κ2) is 5.16. The Morgan fingerprint density at radius 1 is 1.39 bits per heavy atom. The van der Waals surface area contributed by atoms with Gasteiger partial charge in [-0.25, -0.2) is 4.79 Å². The van der Waals surface area contributed by atoms with Crippen molar-refractivity contribution in [3.8, 4) is 0 Å². The Bertz CT molecular complexity index is 475. The highest BCUT2D eigenvalue weighted by Gasteiger charge is 2.37. The summed E-state index contributed by atoms with van der Waals surface area (Å²) in [4.78, 5) is 24.4. The average Bonchev–Trinajstić information content (AvgIpc) is 2.61. The van der Waals surface area contributed by atoms with Crippen molar-refractivity contribution >= 4 is 35.1 Å². The molecule has 1 N–H and O–H groups in total. The van der Waals surface area contributed by atoms with E-state index >= 15 is 0 Å². The van der Waals surface area contributed by atoms with Crippen LogP contribution in [0.15, 0.2) is 24.3 Å². The van der Waals surface area contributed by atoms with Crippen molar-refractivity contribution in [2.24, 2.45) is 0 Å². The van der Waals surface area contributed by atoms with Crippen LogP contribution in [0.5, 0.6) is 0 Å². The van der Waals surface area contributed by atoms with Crippen LogP contribution >= 0.6 is 23.2 Å². The summed E-state index contributed by atoms with van der Waals surface area (Å²) >= 11 is 11.6. The van der Waals surface area contributed by atoms with E-state index in [0.29, 0.717) is 10.6 Å². The van der Waals surface area contributed by atoms with Gasteiger partial charge in [0.05, 0.1) is 5.38 Å². The number of halogens is 2. The number of aliphatic carboxylic acids is 1. The Labute approximate surface area is 114 Å². The molecule has 18 heavy (non-hydrogen) atoms. The lowest BCUT2D eigenvalue weighted by atomic mass is 10.1. The van der Waals surface area contributed by atoms with Crippen molar-refractivity contribution < 1.29 is 14.7 Å². The minimum absolute atomic E-state index is 0.179. The molecular formula is C12H11Cl2NO3. The molecule has 1 aromatic carbocycles. The molecule has 1 heterocycles. The van der Waals surface area contributed by atoms with Gasteiger partial charge in [0.1, 0.15) is 0 Å². The summed E-state index contributed by atoms with van der Waals surface area (Å²) < 4.78 is 0. The van der Waals surface area contributed by atoms with Crippen molar-refractivity contribution in [3.63, 3.8) is 0 Å². The third-order valence-electron chi connectivity index (χ3n) is 2.84. The van der Waals surface area contributed by atoms with Gasteiger partial charge in [-0.05, 0) is 17.7 Å². The fraction of sp³-hybridized carbons (Fsp3) is 0.333. The van der Waals surface area contributed by atoms with Crippen molar-refractivity contribution in [1.29, 1.82) is 0 Å². The van der Waals surface area contributed by atoms with E-state index in [1.165, 1.54) is 4.90 Å². The first-order valence-electron chi connectivity index (χ1n) is 5.41. The number of carbonyl (C=O) groups excluding carboxylic acids is 1. The molecule has 4 nitrogen and oxygen atoms in total. The summed E-state index contributed by atoms with van der Waals surface area (Å²) in [6, 6.07) is 5.42. The molecule has 2 atom stereocenters. The van der Waals surface area contributed by atoms with E-state index in [-0.39, 0.29) is 24.2 Å². The van der Waals surface area contributed by atoms with Crippen LogP contribution in [0, 0.1) is 0 Å². The van der Waals surface area contributed by atoms with Gasteiger partial charge >= 0.3 is 5.97 Å². The highest BCUT2D eigenvalue weighted by molar-refractivity contribution is 6.30. The number of carbonyl (C=O) groups is 2. The summed E-state index contributed by atoms with van der Waals surface area (Å²) in [5.41, 5.74) is 0.519. The van der Waals surface area contributed by atoms with Gasteiger partial charge in [0.25, 0.3) is 0 Å². The van der Waals surface area contributed by atoms with E-state index in [0.717, 1.165) is 0 Å². The number of carboxylic acid groups (broad SMARTS) is 1. The molecule has 0 radical (unpaired) electrons. The molecule has 2 rings (SSSR count). The van der Waals surface area contributed by atoms with Crippen LogP contribution in [0.4, 0.5) is 0 Å². The van der Waals surface area contributed by atoms with Crippen LogP contribution in [-0.2, 0) is 9.59 Å². The van der Waals surface area contributed by atoms with Gasteiger partial charge in [-0.2, -0.15) is 0 Å². The highest BCUT2D eigenvalue weighted by atomic mass is 35.5. The van der Waals surface area contributed by atoms with Crippen molar-refractivity contribution in [2.75, 3.05) is 6.54 Å². The number of carboxylic acids is 1. The van der Waals surface area contributed by atoms with E-state index in [1.54, 1.807) is 24.3 Å². The lowest BCUT2D eigenvalue weighted by molar-refractivity contribution is -0.148. The SMILES string of the molecule is O=C(O)C(c1ccc(Cl)cc1)N1CC(Cl)CC1=O. The standard InChI is InChI=1S/C12H11Cl2NO3/c13-8-3-1-7(2-4-8)11(12(17)18)15-6-9(14)5-10(15)16/h1-4,9,11H,5-6H2,(H,17,18). The van der Waals surface area contributed by atoms with Gasteiger partial charge in [0.2, 0.25) is 5.91 Å². The minimum Gasteiger partial charge on any atom is -0.479 e. The normalized spacial score (nSPS) is 21.1. The van der Waals surface area contributed by atoms with Gasteiger partial charge < -0.3 is 10.0 Å². The van der Waals surface area contributed by atoms with Crippen LogP contribution in [0.25, 0.3) is 0 Å². The average molecular weight is 288 g/mol. The van der Waals surface area contributed by atoms with Crippen LogP contribution in [-0.4, -0.2) is 33.8 Å². The van der Waals surface area contributed by atoms with Crippen molar-refractivity contribution in [1.82, 2.24) is 4.90 Å². The summed E-state index contributed by atoms with van der Waals surface area (Å²) in [5.74, 6) is -1.31. The Hall–Kier alpha value is -1.26. The summed E-state index contributed by atoms with van der Waals surface area (Å²) in [7, 11) is 0. The first kappa shape index (κ1) is 13.2. The third kappa shape index (κ3) is 2.60. The molecule has 1 aliphatic rings. The topological polar surface area (TPSA) is 57.6 Å². The quantitative estimate of drug-likeness (QED) is 0.868. The molecular weight excluding hydrogens is 277 g/mol. The molecule has 1 aliphatic heterocycles. The van der Waals surface area contributed by atoms with Gasteiger partial charge in [0.15, 0.2) is 6.04 Å². The van der Waals surface area contributed by atoms with Crippen LogP contribution in [0.2, 0.25) is 5.02 Å². The number of likely N-dealkylation sites (tertiary alicyclic amines) is 1. The van der Waals surface area contributed by atoms with Gasteiger partial charge in [0, 0.05) is 18.0 Å². The zero-order valence-electron chi connectivity index (χ0n) is 9.35. The van der Waals surface area contributed by atoms with E-state index in [4.69, 9.17) is 23.2 Å². The number of rotatable bonds is 3. The van der Waals surface area contributed by atoms with Gasteiger partial charge in [-0.15, -0.1) is 11.6 Å². The molecule has 1 saturated heterocycles. The van der Waals surface area contributed by atoms with Gasteiger partial charge in [-0.3, -0.25) is 4.79 Å². The number of amides is 1. The zero-order valence-corrected chi connectivity index (χ0v) is 10.9. The maximum Gasteiger partial charge on any atom is 0.331 e. The first-order chi connectivity index (χ1) is 8.49. The first-order valence-corrected chi connectivity index (χ1v) is 6.22.